The summed E-state index contributed by atoms with van der Waals surface area (Å²) in [5.41, 5.74) is 4.59. The summed E-state index contributed by atoms with van der Waals surface area (Å²) >= 11 is -1.26. The van der Waals surface area contributed by atoms with Crippen molar-refractivity contribution in [2.45, 2.75) is 87.7 Å². The van der Waals surface area contributed by atoms with Crippen molar-refractivity contribution in [3.05, 3.63) is 77.1 Å². The van der Waals surface area contributed by atoms with Crippen LogP contribution in [0, 0.1) is 11.8 Å². The van der Waals surface area contributed by atoms with Gasteiger partial charge in [-0.1, -0.05) is 31.1 Å². The number of nitrogens with zero attached hydrogens (tertiary/aromatic N) is 7. The number of carbonyl (C=O) groups excluding carboxylic acids is 4. The lowest BCUT2D eigenvalue weighted by molar-refractivity contribution is -0.136. The van der Waals surface area contributed by atoms with Crippen LogP contribution in [0.2, 0.25) is 0 Å². The second-order valence-corrected chi connectivity index (χ2v) is 18.8. The standard InChI is InChI=1S/C46H59N9O5S/c1-47-44(49-32-56)35(10-9-33-5-2-3-6-33)29-48-37-17-21-54(22-18-37)61(60)40-8-4-7-38(28-40)53-25-23-51(24-26-53)30-34-15-19-52(20-16-34)39-11-12-41-36(27-39)31-55(46(41)59)42-13-14-43(57)50-45(42)58/h4,7-12,27-29,32-34,37,42H,1-3,5-6,13-26,30-31H2,(H,49,56)(H,50,57,58)/b10-9-,44-35+,48-29-. The minimum absolute atomic E-state index is 0.0972. The predicted molar refractivity (Wildman–Crippen MR) is 239 cm³/mol. The number of fused-ring (bicyclic) bond motifs is 1. The molecular formula is C46H59N9O5S. The van der Waals surface area contributed by atoms with E-state index in [0.717, 1.165) is 98.9 Å². The van der Waals surface area contributed by atoms with E-state index in [9.17, 15) is 23.7 Å². The van der Waals surface area contributed by atoms with Gasteiger partial charge in [0.25, 0.3) is 5.91 Å². The van der Waals surface area contributed by atoms with Gasteiger partial charge >= 0.3 is 0 Å². The normalized spacial score (nSPS) is 23.8. The Balaban J connectivity index is 0.775. The zero-order valence-electron chi connectivity index (χ0n) is 35.1. The summed E-state index contributed by atoms with van der Waals surface area (Å²) in [6, 6.07) is 13.8. The van der Waals surface area contributed by atoms with E-state index in [4.69, 9.17) is 4.99 Å². The van der Waals surface area contributed by atoms with Gasteiger partial charge in [-0.05, 0) is 99.4 Å². The molecule has 0 aromatic heterocycles. The van der Waals surface area contributed by atoms with Gasteiger partial charge in [-0.25, -0.2) is 4.99 Å². The highest BCUT2D eigenvalue weighted by molar-refractivity contribution is 7.89. The number of hydrogen-bond donors (Lipinski definition) is 2. The Labute approximate surface area is 362 Å². The Morgan fingerprint density at radius 3 is 2.34 bits per heavy atom. The van der Waals surface area contributed by atoms with E-state index < -0.39 is 17.4 Å². The minimum atomic E-state index is -1.26. The molecule has 5 heterocycles. The number of imide groups is 1. The highest BCUT2D eigenvalue weighted by atomic mass is 32.2. The summed E-state index contributed by atoms with van der Waals surface area (Å²) in [7, 11) is 0. The average molecular weight is 850 g/mol. The number of nitrogens with one attached hydrogen (secondary N) is 2. The van der Waals surface area contributed by atoms with Gasteiger partial charge in [-0.2, -0.15) is 0 Å². The molecule has 2 atom stereocenters. The van der Waals surface area contributed by atoms with Crippen molar-refractivity contribution in [3.8, 4) is 0 Å². The number of piperidine rings is 3. The fraction of sp³-hybridized carbons (Fsp3) is 0.522. The molecule has 1 saturated carbocycles. The number of benzene rings is 2. The van der Waals surface area contributed by atoms with Gasteiger partial charge in [-0.3, -0.25) is 34.4 Å². The monoisotopic (exact) mass is 849 g/mol. The first kappa shape index (κ1) is 42.8. The number of carbonyl (C=O) groups is 4. The fourth-order valence-corrected chi connectivity index (χ4v) is 11.1. The number of aliphatic imine (C=N–C) groups is 2. The molecule has 8 rings (SSSR count). The van der Waals surface area contributed by atoms with Gasteiger partial charge in [-0.15, -0.1) is 4.31 Å². The zero-order chi connectivity index (χ0) is 42.3. The van der Waals surface area contributed by atoms with Crippen molar-refractivity contribution >= 4 is 59.8 Å². The molecule has 4 saturated heterocycles. The summed E-state index contributed by atoms with van der Waals surface area (Å²) in [4.78, 5) is 67.3. The van der Waals surface area contributed by atoms with Crippen molar-refractivity contribution in [3.63, 3.8) is 0 Å². The Morgan fingerprint density at radius 1 is 0.885 bits per heavy atom. The van der Waals surface area contributed by atoms with Gasteiger partial charge in [0.15, 0.2) is 4.90 Å². The highest BCUT2D eigenvalue weighted by Gasteiger charge is 2.39. The third-order valence-electron chi connectivity index (χ3n) is 13.4. The van der Waals surface area contributed by atoms with Crippen LogP contribution >= 0.6 is 0 Å². The topological polar surface area (TPSA) is 156 Å². The largest absolute Gasteiger partial charge is 0.593 e. The molecule has 2 N–H and O–H groups in total. The number of piperazine rings is 1. The maximum Gasteiger partial charge on any atom is 0.255 e. The second-order valence-electron chi connectivity index (χ2n) is 17.3. The van der Waals surface area contributed by atoms with Crippen LogP contribution < -0.4 is 20.4 Å². The Morgan fingerprint density at radius 2 is 1.62 bits per heavy atom. The average Bonchev–Trinajstić information content (AvgIpc) is 3.93. The molecule has 0 spiro atoms. The molecule has 5 aliphatic heterocycles. The molecule has 5 fully saturated rings. The summed E-state index contributed by atoms with van der Waals surface area (Å²) in [5, 5.41) is 5.04. The molecule has 2 aromatic carbocycles. The summed E-state index contributed by atoms with van der Waals surface area (Å²) in [6.45, 7) is 12.3. The molecule has 0 bridgehead atoms. The van der Waals surface area contributed by atoms with Crippen molar-refractivity contribution in [2.75, 3.05) is 68.7 Å². The van der Waals surface area contributed by atoms with Gasteiger partial charge in [0, 0.05) is 107 Å². The van der Waals surface area contributed by atoms with Crippen molar-refractivity contribution in [1.82, 2.24) is 24.7 Å². The van der Waals surface area contributed by atoms with Crippen molar-refractivity contribution < 1.29 is 23.7 Å². The lowest BCUT2D eigenvalue weighted by Gasteiger charge is -2.40. The van der Waals surface area contributed by atoms with Gasteiger partial charge < -0.3 is 24.6 Å². The van der Waals surface area contributed by atoms with Crippen LogP contribution in [0.1, 0.15) is 80.1 Å². The number of amides is 4. The van der Waals surface area contributed by atoms with Crippen LogP contribution in [0.4, 0.5) is 11.4 Å². The maximum absolute atomic E-state index is 13.8. The molecule has 6 aliphatic rings. The van der Waals surface area contributed by atoms with Crippen LogP contribution in [0.5, 0.6) is 0 Å². The molecule has 61 heavy (non-hydrogen) atoms. The van der Waals surface area contributed by atoms with Gasteiger partial charge in [0.2, 0.25) is 18.2 Å². The lowest BCUT2D eigenvalue weighted by Crippen LogP contribution is -2.52. The summed E-state index contributed by atoms with van der Waals surface area (Å²) in [5.74, 6) is 0.779. The van der Waals surface area contributed by atoms with E-state index in [1.54, 1.807) is 11.1 Å². The van der Waals surface area contributed by atoms with E-state index in [1.165, 1.54) is 25.7 Å². The third kappa shape index (κ3) is 10.3. The fourth-order valence-electron chi connectivity index (χ4n) is 9.81. The SMILES string of the molecule is C=N/C(NC=O)=C(/C=C\C1CCCC1)\C=N/C1CCN([S+]([O-])c2cccc(N3CCN(CC4CCN(c5ccc6c(c5)CN(C5CCC(=O)NC5=O)C6=O)CC4)CC3)c2)CC1. The molecule has 14 nitrogen and oxygen atoms in total. The van der Waals surface area contributed by atoms with E-state index in [1.807, 2.05) is 30.3 Å². The molecule has 0 radical (unpaired) electrons. The van der Waals surface area contributed by atoms with E-state index in [2.05, 4.69) is 65.6 Å². The number of allylic oxidation sites excluding steroid dienone is 3. The molecular weight excluding hydrogens is 791 g/mol. The van der Waals surface area contributed by atoms with E-state index in [-0.39, 0.29) is 30.2 Å². The number of anilines is 2. The molecule has 15 heteroatoms. The van der Waals surface area contributed by atoms with E-state index >= 15 is 0 Å². The van der Waals surface area contributed by atoms with Crippen molar-refractivity contribution in [2.24, 2.45) is 21.8 Å². The molecule has 2 unspecified atom stereocenters. The first-order valence-electron chi connectivity index (χ1n) is 22.2. The molecule has 324 valence electrons. The predicted octanol–water partition coefficient (Wildman–Crippen LogP) is 4.45. The Kier molecular flexibility index (Phi) is 14.0. The minimum Gasteiger partial charge on any atom is -0.593 e. The Hall–Kier alpha value is -4.83. The maximum atomic E-state index is 13.8. The number of rotatable bonds is 14. The van der Waals surface area contributed by atoms with Gasteiger partial charge in [0.05, 0.1) is 17.4 Å². The Bertz CT molecular complexity index is 2030. The van der Waals surface area contributed by atoms with Crippen LogP contribution in [0.25, 0.3) is 0 Å². The summed E-state index contributed by atoms with van der Waals surface area (Å²) < 4.78 is 15.9. The van der Waals surface area contributed by atoms with Crippen LogP contribution in [0.15, 0.2) is 80.9 Å². The first-order chi connectivity index (χ1) is 29.8. The smallest absolute Gasteiger partial charge is 0.255 e. The highest BCUT2D eigenvalue weighted by Crippen LogP contribution is 2.33. The molecule has 4 amide bonds. The van der Waals surface area contributed by atoms with Crippen LogP contribution in [-0.4, -0.2) is 127 Å². The summed E-state index contributed by atoms with van der Waals surface area (Å²) in [6.07, 6.45) is 15.9. The first-order valence-corrected chi connectivity index (χ1v) is 23.3. The zero-order valence-corrected chi connectivity index (χ0v) is 35.9. The van der Waals surface area contributed by atoms with Crippen LogP contribution in [0.3, 0.4) is 0 Å². The second kappa shape index (κ2) is 19.9. The molecule has 2 aromatic rings. The lowest BCUT2D eigenvalue weighted by atomic mass is 9.95. The molecule has 1 aliphatic carbocycles. The quantitative estimate of drug-likeness (QED) is 0.0923. The van der Waals surface area contributed by atoms with E-state index in [0.29, 0.717) is 55.7 Å². The van der Waals surface area contributed by atoms with Gasteiger partial charge in [0.1, 0.15) is 11.9 Å². The third-order valence-corrected chi connectivity index (χ3v) is 14.9. The van der Waals surface area contributed by atoms with Crippen molar-refractivity contribution in [1.29, 1.82) is 0 Å². The number of hydrogen-bond acceptors (Lipinski definition) is 11. The van der Waals surface area contributed by atoms with Crippen LogP contribution in [-0.2, 0) is 32.3 Å².